The Balaban J connectivity index is 2.42. The number of rotatable bonds is 8. The van der Waals surface area contributed by atoms with Crippen molar-refractivity contribution >= 4 is 0 Å². The van der Waals surface area contributed by atoms with Gasteiger partial charge in [-0.2, -0.15) is 0 Å². The average molecular weight is 236 g/mol. The van der Waals surface area contributed by atoms with E-state index < -0.39 is 0 Å². The molecule has 0 aromatic carbocycles. The summed E-state index contributed by atoms with van der Waals surface area (Å²) < 4.78 is 2.40. The fraction of sp³-hybridized carbons (Fsp3) is 0.733. The second-order valence-electron chi connectivity index (χ2n) is 5.57. The van der Waals surface area contributed by atoms with Crippen molar-refractivity contribution in [1.82, 2.24) is 9.88 Å². The van der Waals surface area contributed by atoms with Gasteiger partial charge in [-0.25, -0.2) is 0 Å². The maximum atomic E-state index is 3.51. The third kappa shape index (κ3) is 5.40. The van der Waals surface area contributed by atoms with Crippen LogP contribution in [0.15, 0.2) is 18.3 Å². The Morgan fingerprint density at radius 2 is 2.06 bits per heavy atom. The zero-order chi connectivity index (χ0) is 12.7. The first kappa shape index (κ1) is 14.3. The van der Waals surface area contributed by atoms with Crippen molar-refractivity contribution in [2.24, 2.45) is 11.8 Å². The summed E-state index contributed by atoms with van der Waals surface area (Å²) in [4.78, 5) is 0. The molecule has 1 unspecified atom stereocenters. The lowest BCUT2D eigenvalue weighted by molar-refractivity contribution is 0.433. The lowest BCUT2D eigenvalue weighted by Crippen LogP contribution is -2.21. The molecule has 0 radical (unpaired) electrons. The second-order valence-corrected chi connectivity index (χ2v) is 5.57. The Morgan fingerprint density at radius 1 is 1.29 bits per heavy atom. The van der Waals surface area contributed by atoms with Crippen molar-refractivity contribution in [3.05, 3.63) is 24.0 Å². The van der Waals surface area contributed by atoms with E-state index in [0.717, 1.165) is 31.5 Å². The first-order valence-corrected chi connectivity index (χ1v) is 6.98. The van der Waals surface area contributed by atoms with Gasteiger partial charge in [0.15, 0.2) is 0 Å². The minimum Gasteiger partial charge on any atom is -0.350 e. The molecule has 1 rings (SSSR count). The van der Waals surface area contributed by atoms with E-state index in [1.165, 1.54) is 18.5 Å². The molecule has 0 aliphatic carbocycles. The zero-order valence-corrected chi connectivity index (χ0v) is 11.9. The van der Waals surface area contributed by atoms with E-state index in [4.69, 9.17) is 0 Å². The van der Waals surface area contributed by atoms with Gasteiger partial charge < -0.3 is 9.88 Å². The minimum atomic E-state index is 0.720. The number of nitrogens with one attached hydrogen (secondary N) is 1. The smallest absolute Gasteiger partial charge is 0.0359 e. The van der Waals surface area contributed by atoms with Gasteiger partial charge in [0, 0.05) is 25.0 Å². The Kier molecular flexibility index (Phi) is 6.35. The van der Waals surface area contributed by atoms with Gasteiger partial charge in [-0.15, -0.1) is 0 Å². The van der Waals surface area contributed by atoms with Crippen molar-refractivity contribution < 1.29 is 0 Å². The van der Waals surface area contributed by atoms with E-state index in [-0.39, 0.29) is 0 Å². The number of hydrogen-bond acceptors (Lipinski definition) is 1. The third-order valence-corrected chi connectivity index (χ3v) is 3.07. The van der Waals surface area contributed by atoms with Gasteiger partial charge in [0.05, 0.1) is 0 Å². The van der Waals surface area contributed by atoms with Crippen molar-refractivity contribution in [3.8, 4) is 0 Å². The van der Waals surface area contributed by atoms with Crippen LogP contribution in [0.1, 0.15) is 46.2 Å². The van der Waals surface area contributed by atoms with Crippen molar-refractivity contribution in [2.75, 3.05) is 6.54 Å². The summed E-state index contributed by atoms with van der Waals surface area (Å²) in [7, 11) is 0. The Labute approximate surface area is 106 Å². The van der Waals surface area contributed by atoms with Gasteiger partial charge in [0.25, 0.3) is 0 Å². The average Bonchev–Trinajstić information content (AvgIpc) is 2.65. The normalized spacial score (nSPS) is 13.2. The molecule has 0 aliphatic heterocycles. The van der Waals surface area contributed by atoms with Gasteiger partial charge in [-0.3, -0.25) is 0 Å². The van der Waals surface area contributed by atoms with E-state index in [1.54, 1.807) is 0 Å². The van der Waals surface area contributed by atoms with E-state index >= 15 is 0 Å². The van der Waals surface area contributed by atoms with E-state index in [2.05, 4.69) is 55.9 Å². The molecule has 17 heavy (non-hydrogen) atoms. The number of aromatic nitrogens is 1. The molecule has 1 aromatic heterocycles. The molecule has 1 N–H and O–H groups in total. The van der Waals surface area contributed by atoms with Crippen LogP contribution in [-0.4, -0.2) is 11.1 Å². The summed E-state index contributed by atoms with van der Waals surface area (Å²) in [6, 6.07) is 4.39. The molecule has 98 valence electrons. The minimum absolute atomic E-state index is 0.720. The van der Waals surface area contributed by atoms with Crippen LogP contribution in [-0.2, 0) is 13.1 Å². The summed E-state index contributed by atoms with van der Waals surface area (Å²) in [5.74, 6) is 1.49. The van der Waals surface area contributed by atoms with Gasteiger partial charge >= 0.3 is 0 Å². The monoisotopic (exact) mass is 236 g/mol. The molecular formula is C15H28N2. The first-order valence-electron chi connectivity index (χ1n) is 6.98. The largest absolute Gasteiger partial charge is 0.350 e. The quantitative estimate of drug-likeness (QED) is 0.728. The van der Waals surface area contributed by atoms with E-state index in [1.807, 2.05) is 0 Å². The molecule has 1 atom stereocenters. The van der Waals surface area contributed by atoms with Crippen LogP contribution < -0.4 is 5.32 Å². The molecule has 0 aliphatic rings. The molecule has 1 aromatic rings. The third-order valence-electron chi connectivity index (χ3n) is 3.07. The summed E-state index contributed by atoms with van der Waals surface area (Å²) >= 11 is 0. The van der Waals surface area contributed by atoms with Gasteiger partial charge in [0.2, 0.25) is 0 Å². The van der Waals surface area contributed by atoms with Gasteiger partial charge in [-0.05, 0) is 36.9 Å². The number of hydrogen-bond donors (Lipinski definition) is 1. The lowest BCUT2D eigenvalue weighted by Gasteiger charge is -2.15. The van der Waals surface area contributed by atoms with Crippen molar-refractivity contribution in [3.63, 3.8) is 0 Å². The maximum Gasteiger partial charge on any atom is 0.0359 e. The predicted octanol–water partition coefficient (Wildman–Crippen LogP) is 3.67. The fourth-order valence-corrected chi connectivity index (χ4v) is 2.20. The molecule has 0 spiro atoms. The van der Waals surface area contributed by atoms with Gasteiger partial charge in [-0.1, -0.05) is 34.1 Å². The van der Waals surface area contributed by atoms with Crippen LogP contribution in [0.2, 0.25) is 0 Å². The predicted molar refractivity (Wildman–Crippen MR) is 75.0 cm³/mol. The SMILES string of the molecule is CCCC(C)Cn1cccc1CNCC(C)C. The molecule has 0 amide bonds. The molecule has 0 fully saturated rings. The zero-order valence-electron chi connectivity index (χ0n) is 11.9. The maximum absolute atomic E-state index is 3.51. The molecule has 1 heterocycles. The molecule has 2 nitrogen and oxygen atoms in total. The number of nitrogens with zero attached hydrogens (tertiary/aromatic N) is 1. The molecular weight excluding hydrogens is 208 g/mol. The molecule has 0 saturated carbocycles. The summed E-state index contributed by atoms with van der Waals surface area (Å²) in [6.07, 6.45) is 4.80. The summed E-state index contributed by atoms with van der Waals surface area (Å²) in [6.45, 7) is 12.3. The van der Waals surface area contributed by atoms with Crippen LogP contribution in [0.4, 0.5) is 0 Å². The highest BCUT2D eigenvalue weighted by molar-refractivity contribution is 5.07. The fourth-order valence-electron chi connectivity index (χ4n) is 2.20. The first-order chi connectivity index (χ1) is 8.13. The van der Waals surface area contributed by atoms with Crippen LogP contribution in [0.5, 0.6) is 0 Å². The second kappa shape index (κ2) is 7.54. The van der Waals surface area contributed by atoms with E-state index in [9.17, 15) is 0 Å². The topological polar surface area (TPSA) is 17.0 Å². The Bertz CT molecular complexity index is 302. The highest BCUT2D eigenvalue weighted by Gasteiger charge is 2.05. The van der Waals surface area contributed by atoms with Crippen LogP contribution in [0.3, 0.4) is 0 Å². The molecule has 0 saturated heterocycles. The highest BCUT2D eigenvalue weighted by Crippen LogP contribution is 2.11. The summed E-state index contributed by atoms with van der Waals surface area (Å²) in [5.41, 5.74) is 1.41. The Hall–Kier alpha value is -0.760. The van der Waals surface area contributed by atoms with Crippen LogP contribution in [0, 0.1) is 11.8 Å². The highest BCUT2D eigenvalue weighted by atomic mass is 15.0. The van der Waals surface area contributed by atoms with E-state index in [0.29, 0.717) is 0 Å². The molecule has 0 bridgehead atoms. The van der Waals surface area contributed by atoms with Crippen LogP contribution in [0.25, 0.3) is 0 Å². The van der Waals surface area contributed by atoms with Gasteiger partial charge in [0.1, 0.15) is 0 Å². The standard InChI is InChI=1S/C15H28N2/c1-5-7-14(4)12-17-9-6-8-15(17)11-16-10-13(2)3/h6,8-9,13-14,16H,5,7,10-12H2,1-4H3. The van der Waals surface area contributed by atoms with Crippen molar-refractivity contribution in [2.45, 2.75) is 53.6 Å². The van der Waals surface area contributed by atoms with Crippen LogP contribution >= 0.6 is 0 Å². The Morgan fingerprint density at radius 3 is 2.71 bits per heavy atom. The summed E-state index contributed by atoms with van der Waals surface area (Å²) in [5, 5.41) is 3.51. The van der Waals surface area contributed by atoms with Crippen molar-refractivity contribution in [1.29, 1.82) is 0 Å². The lowest BCUT2D eigenvalue weighted by atomic mass is 10.1. The molecule has 2 heteroatoms.